The lowest BCUT2D eigenvalue weighted by Gasteiger charge is -2.17. The highest BCUT2D eigenvalue weighted by Crippen LogP contribution is 2.32. The van der Waals surface area contributed by atoms with Crippen LogP contribution >= 0.6 is 0 Å². The van der Waals surface area contributed by atoms with Crippen LogP contribution in [-0.2, 0) is 6.42 Å². The molecule has 0 aliphatic carbocycles. The molecule has 98 valence electrons. The van der Waals surface area contributed by atoms with Crippen LogP contribution in [0.15, 0.2) is 22.7 Å². The monoisotopic (exact) mass is 259 g/mol. The van der Waals surface area contributed by atoms with Crippen molar-refractivity contribution in [1.29, 1.82) is 0 Å². The second-order valence-corrected chi connectivity index (χ2v) is 4.55. The summed E-state index contributed by atoms with van der Waals surface area (Å²) in [6.07, 6.45) is 1.90. The molecule has 1 aliphatic heterocycles. The Balaban J connectivity index is 2.10. The van der Waals surface area contributed by atoms with E-state index in [0.29, 0.717) is 11.5 Å². The highest BCUT2D eigenvalue weighted by atomic mass is 16.5. The number of hydrogen-bond donors (Lipinski definition) is 1. The molecule has 0 saturated heterocycles. The maximum absolute atomic E-state index is 11.2. The van der Waals surface area contributed by atoms with Crippen molar-refractivity contribution in [3.8, 4) is 17.1 Å². The Hall–Kier alpha value is -2.30. The van der Waals surface area contributed by atoms with Crippen LogP contribution < -0.4 is 4.74 Å². The van der Waals surface area contributed by atoms with E-state index in [2.05, 4.69) is 5.16 Å². The van der Waals surface area contributed by atoms with Gasteiger partial charge in [0.25, 0.3) is 0 Å². The summed E-state index contributed by atoms with van der Waals surface area (Å²) < 4.78 is 10.7. The van der Waals surface area contributed by atoms with Crippen molar-refractivity contribution in [3.63, 3.8) is 0 Å². The van der Waals surface area contributed by atoms with E-state index in [9.17, 15) is 9.90 Å². The van der Waals surface area contributed by atoms with Gasteiger partial charge in [0.05, 0.1) is 12.3 Å². The van der Waals surface area contributed by atoms with Gasteiger partial charge < -0.3 is 14.4 Å². The second-order valence-electron chi connectivity index (χ2n) is 4.55. The largest absolute Gasteiger partial charge is 0.493 e. The van der Waals surface area contributed by atoms with Crippen LogP contribution in [-0.4, -0.2) is 22.8 Å². The van der Waals surface area contributed by atoms with E-state index in [1.54, 1.807) is 13.0 Å². The summed E-state index contributed by atoms with van der Waals surface area (Å²) in [5.41, 5.74) is 2.31. The zero-order valence-electron chi connectivity index (χ0n) is 10.5. The molecular weight excluding hydrogens is 246 g/mol. The molecule has 1 aromatic heterocycles. The third-order valence-corrected chi connectivity index (χ3v) is 3.25. The van der Waals surface area contributed by atoms with E-state index in [-0.39, 0.29) is 5.56 Å². The van der Waals surface area contributed by atoms with Crippen LogP contribution in [0.5, 0.6) is 5.75 Å². The second kappa shape index (κ2) is 4.42. The summed E-state index contributed by atoms with van der Waals surface area (Å²) in [5, 5.41) is 12.9. The smallest absolute Gasteiger partial charge is 0.341 e. The van der Waals surface area contributed by atoms with E-state index in [0.717, 1.165) is 36.3 Å². The number of carboxylic acid groups (broad SMARTS) is 1. The normalized spacial score (nSPS) is 13.7. The first-order valence-electron chi connectivity index (χ1n) is 6.12. The summed E-state index contributed by atoms with van der Waals surface area (Å²) in [6, 6.07) is 5.57. The standard InChI is InChI=1S/C14H13NO4/c1-8-12(14(16)17)13(19-15-8)10-4-5-11-9(7-10)3-2-6-18-11/h4-5,7H,2-3,6H2,1H3,(H,16,17). The van der Waals surface area contributed by atoms with Gasteiger partial charge in [0.2, 0.25) is 0 Å². The summed E-state index contributed by atoms with van der Waals surface area (Å²) in [7, 11) is 0. The van der Waals surface area contributed by atoms with E-state index < -0.39 is 5.97 Å². The number of hydrogen-bond acceptors (Lipinski definition) is 4. The molecule has 0 spiro atoms. The Kier molecular flexibility index (Phi) is 2.74. The Morgan fingerprint density at radius 1 is 1.42 bits per heavy atom. The Labute approximate surface area is 109 Å². The maximum Gasteiger partial charge on any atom is 0.341 e. The fourth-order valence-corrected chi connectivity index (χ4v) is 2.32. The molecule has 3 rings (SSSR count). The molecule has 0 unspecified atom stereocenters. The minimum atomic E-state index is -1.03. The molecule has 1 N–H and O–H groups in total. The maximum atomic E-state index is 11.2. The number of rotatable bonds is 2. The first-order valence-corrected chi connectivity index (χ1v) is 6.12. The Morgan fingerprint density at radius 3 is 3.05 bits per heavy atom. The van der Waals surface area contributed by atoms with Crippen LogP contribution in [0.4, 0.5) is 0 Å². The molecule has 0 bridgehead atoms. The van der Waals surface area contributed by atoms with Gasteiger partial charge in [-0.3, -0.25) is 0 Å². The Bertz CT molecular complexity index is 645. The quantitative estimate of drug-likeness (QED) is 0.897. The minimum absolute atomic E-state index is 0.122. The van der Waals surface area contributed by atoms with Crippen molar-refractivity contribution in [2.24, 2.45) is 0 Å². The van der Waals surface area contributed by atoms with Gasteiger partial charge in [-0.2, -0.15) is 0 Å². The highest BCUT2D eigenvalue weighted by Gasteiger charge is 2.22. The van der Waals surface area contributed by atoms with Crippen molar-refractivity contribution in [2.75, 3.05) is 6.61 Å². The minimum Gasteiger partial charge on any atom is -0.493 e. The average molecular weight is 259 g/mol. The lowest BCUT2D eigenvalue weighted by molar-refractivity contribution is 0.0696. The van der Waals surface area contributed by atoms with E-state index >= 15 is 0 Å². The van der Waals surface area contributed by atoms with Gasteiger partial charge in [-0.1, -0.05) is 5.16 Å². The van der Waals surface area contributed by atoms with Crippen molar-refractivity contribution >= 4 is 5.97 Å². The molecule has 5 heteroatoms. The van der Waals surface area contributed by atoms with E-state index in [4.69, 9.17) is 9.26 Å². The van der Waals surface area contributed by atoms with Gasteiger partial charge >= 0.3 is 5.97 Å². The number of ether oxygens (including phenoxy) is 1. The van der Waals surface area contributed by atoms with Crippen LogP contribution in [0, 0.1) is 6.92 Å². The zero-order valence-corrected chi connectivity index (χ0v) is 10.5. The van der Waals surface area contributed by atoms with Gasteiger partial charge in [-0.25, -0.2) is 4.79 Å². The molecule has 2 heterocycles. The molecule has 0 fully saturated rings. The number of carboxylic acids is 1. The predicted molar refractivity (Wildman–Crippen MR) is 67.5 cm³/mol. The van der Waals surface area contributed by atoms with E-state index in [1.807, 2.05) is 12.1 Å². The third-order valence-electron chi connectivity index (χ3n) is 3.25. The molecule has 19 heavy (non-hydrogen) atoms. The summed E-state index contributed by atoms with van der Waals surface area (Å²) in [4.78, 5) is 11.2. The van der Waals surface area contributed by atoms with Gasteiger partial charge in [0.15, 0.2) is 5.76 Å². The molecule has 5 nitrogen and oxygen atoms in total. The molecule has 0 saturated carbocycles. The van der Waals surface area contributed by atoms with Crippen molar-refractivity contribution < 1.29 is 19.2 Å². The number of aromatic carboxylic acids is 1. The van der Waals surface area contributed by atoms with Crippen molar-refractivity contribution in [3.05, 3.63) is 35.0 Å². The SMILES string of the molecule is Cc1noc(-c2ccc3c(c2)CCCO3)c1C(=O)O. The number of nitrogens with zero attached hydrogens (tertiary/aromatic N) is 1. The zero-order chi connectivity index (χ0) is 13.4. The Morgan fingerprint density at radius 2 is 2.26 bits per heavy atom. The molecule has 2 aromatic rings. The van der Waals surface area contributed by atoms with Gasteiger partial charge in [0.1, 0.15) is 11.3 Å². The molecule has 0 amide bonds. The van der Waals surface area contributed by atoms with Crippen LogP contribution in [0.25, 0.3) is 11.3 Å². The third kappa shape index (κ3) is 1.97. The number of aryl methyl sites for hydroxylation is 2. The molecular formula is C14H13NO4. The number of aromatic nitrogens is 1. The number of fused-ring (bicyclic) bond motifs is 1. The molecule has 1 aromatic carbocycles. The fourth-order valence-electron chi connectivity index (χ4n) is 2.32. The highest BCUT2D eigenvalue weighted by molar-refractivity contribution is 5.95. The number of carbonyl (C=O) groups is 1. The predicted octanol–water partition coefficient (Wildman–Crippen LogP) is 2.67. The molecule has 0 radical (unpaired) electrons. The fraction of sp³-hybridized carbons (Fsp3) is 0.286. The lowest BCUT2D eigenvalue weighted by Crippen LogP contribution is -2.08. The molecule has 1 aliphatic rings. The first-order chi connectivity index (χ1) is 9.16. The average Bonchev–Trinajstić information content (AvgIpc) is 2.80. The topological polar surface area (TPSA) is 72.6 Å². The first kappa shape index (κ1) is 11.8. The van der Waals surface area contributed by atoms with Crippen molar-refractivity contribution in [1.82, 2.24) is 5.16 Å². The van der Waals surface area contributed by atoms with Gasteiger partial charge in [0, 0.05) is 5.56 Å². The van der Waals surface area contributed by atoms with Gasteiger partial charge in [-0.05, 0) is 43.5 Å². The van der Waals surface area contributed by atoms with Crippen LogP contribution in [0.3, 0.4) is 0 Å². The lowest BCUT2D eigenvalue weighted by atomic mass is 10.00. The van der Waals surface area contributed by atoms with Crippen LogP contribution in [0.1, 0.15) is 28.0 Å². The summed E-state index contributed by atoms with van der Waals surface area (Å²) >= 11 is 0. The number of benzene rings is 1. The summed E-state index contributed by atoms with van der Waals surface area (Å²) in [5.74, 6) is 0.143. The van der Waals surface area contributed by atoms with E-state index in [1.165, 1.54) is 0 Å². The van der Waals surface area contributed by atoms with Crippen LogP contribution in [0.2, 0.25) is 0 Å². The van der Waals surface area contributed by atoms with Crippen molar-refractivity contribution in [2.45, 2.75) is 19.8 Å². The molecule has 0 atom stereocenters. The van der Waals surface area contributed by atoms with Gasteiger partial charge in [-0.15, -0.1) is 0 Å². The summed E-state index contributed by atoms with van der Waals surface area (Å²) in [6.45, 7) is 2.35.